The molecule has 1 aliphatic rings. The first-order valence-electron chi connectivity index (χ1n) is 7.10. The lowest BCUT2D eigenvalue weighted by Gasteiger charge is -2.43. The van der Waals surface area contributed by atoms with E-state index in [2.05, 4.69) is 19.2 Å². The van der Waals surface area contributed by atoms with Gasteiger partial charge < -0.3 is 10.1 Å². The van der Waals surface area contributed by atoms with Crippen molar-refractivity contribution in [1.82, 2.24) is 0 Å². The average Bonchev–Trinajstić information content (AvgIpc) is 2.42. The van der Waals surface area contributed by atoms with E-state index in [-0.39, 0.29) is 17.7 Å². The quantitative estimate of drug-likeness (QED) is 0.859. The topological polar surface area (TPSA) is 38.3 Å². The van der Waals surface area contributed by atoms with Crippen molar-refractivity contribution in [3.63, 3.8) is 0 Å². The molecule has 2 rings (SSSR count). The minimum Gasteiger partial charge on any atom is -0.467 e. The van der Waals surface area contributed by atoms with E-state index >= 15 is 0 Å². The van der Waals surface area contributed by atoms with Crippen molar-refractivity contribution in [2.24, 2.45) is 11.8 Å². The average molecular weight is 279 g/mol. The van der Waals surface area contributed by atoms with Crippen LogP contribution < -0.4 is 5.32 Å². The second-order valence-corrected chi connectivity index (χ2v) is 5.89. The Labute approximate surface area is 119 Å². The molecule has 4 heteroatoms. The van der Waals surface area contributed by atoms with Crippen LogP contribution in [0.2, 0.25) is 0 Å². The SMILES string of the molecule is COC(=O)C1(Nc2cccc(F)c2)CC(C)CCC1C. The molecular formula is C16H22FNO2. The number of anilines is 1. The fourth-order valence-corrected chi connectivity index (χ4v) is 3.15. The summed E-state index contributed by atoms with van der Waals surface area (Å²) in [6.45, 7) is 4.19. The van der Waals surface area contributed by atoms with Crippen LogP contribution in [0.25, 0.3) is 0 Å². The van der Waals surface area contributed by atoms with Gasteiger partial charge in [-0.2, -0.15) is 0 Å². The van der Waals surface area contributed by atoms with E-state index < -0.39 is 5.54 Å². The van der Waals surface area contributed by atoms with E-state index in [1.807, 2.05) is 0 Å². The van der Waals surface area contributed by atoms with Gasteiger partial charge in [-0.05, 0) is 42.9 Å². The number of halogens is 1. The third-order valence-electron chi connectivity index (χ3n) is 4.35. The monoisotopic (exact) mass is 279 g/mol. The second kappa shape index (κ2) is 5.81. The van der Waals surface area contributed by atoms with E-state index in [9.17, 15) is 9.18 Å². The van der Waals surface area contributed by atoms with E-state index in [0.29, 0.717) is 18.0 Å². The third kappa shape index (κ3) is 2.79. The van der Waals surface area contributed by atoms with Gasteiger partial charge in [0.05, 0.1) is 7.11 Å². The predicted octanol–water partition coefficient (Wildman–Crippen LogP) is 3.61. The van der Waals surface area contributed by atoms with Crippen molar-refractivity contribution in [3.05, 3.63) is 30.1 Å². The number of hydrogen-bond acceptors (Lipinski definition) is 3. The third-order valence-corrected chi connectivity index (χ3v) is 4.35. The Morgan fingerprint density at radius 1 is 1.40 bits per heavy atom. The summed E-state index contributed by atoms with van der Waals surface area (Å²) in [7, 11) is 1.41. The summed E-state index contributed by atoms with van der Waals surface area (Å²) < 4.78 is 18.4. The number of esters is 1. The maximum absolute atomic E-state index is 13.3. The molecule has 0 heterocycles. The van der Waals surface area contributed by atoms with Crippen molar-refractivity contribution in [2.45, 2.75) is 38.6 Å². The molecule has 110 valence electrons. The molecule has 3 unspecified atom stereocenters. The number of benzene rings is 1. The molecule has 0 saturated heterocycles. The van der Waals surface area contributed by atoms with Gasteiger partial charge in [0, 0.05) is 5.69 Å². The molecule has 1 fully saturated rings. The van der Waals surface area contributed by atoms with Crippen LogP contribution in [0.15, 0.2) is 24.3 Å². The van der Waals surface area contributed by atoms with Crippen LogP contribution in [-0.2, 0) is 9.53 Å². The van der Waals surface area contributed by atoms with Gasteiger partial charge in [-0.3, -0.25) is 0 Å². The Hall–Kier alpha value is -1.58. The summed E-state index contributed by atoms with van der Waals surface area (Å²) in [5, 5.41) is 3.25. The zero-order chi connectivity index (χ0) is 14.8. The molecule has 1 aliphatic carbocycles. The van der Waals surface area contributed by atoms with Crippen molar-refractivity contribution >= 4 is 11.7 Å². The summed E-state index contributed by atoms with van der Waals surface area (Å²) >= 11 is 0. The molecule has 0 bridgehead atoms. The summed E-state index contributed by atoms with van der Waals surface area (Å²) in [5.74, 6) is 0.00751. The maximum Gasteiger partial charge on any atom is 0.331 e. The van der Waals surface area contributed by atoms with Crippen LogP contribution in [0.5, 0.6) is 0 Å². The fraction of sp³-hybridized carbons (Fsp3) is 0.562. The summed E-state index contributed by atoms with van der Waals surface area (Å²) in [4.78, 5) is 12.4. The van der Waals surface area contributed by atoms with E-state index in [4.69, 9.17) is 4.74 Å². The number of methoxy groups -OCH3 is 1. The lowest BCUT2D eigenvalue weighted by Crippen LogP contribution is -2.55. The van der Waals surface area contributed by atoms with Gasteiger partial charge in [0.25, 0.3) is 0 Å². The first kappa shape index (κ1) is 14.8. The smallest absolute Gasteiger partial charge is 0.331 e. The molecule has 0 aliphatic heterocycles. The van der Waals surface area contributed by atoms with Gasteiger partial charge in [0.2, 0.25) is 0 Å². The predicted molar refractivity (Wildman–Crippen MR) is 76.9 cm³/mol. The number of hydrogen-bond donors (Lipinski definition) is 1. The minimum absolute atomic E-state index is 0.148. The van der Waals surface area contributed by atoms with Crippen molar-refractivity contribution < 1.29 is 13.9 Å². The van der Waals surface area contributed by atoms with E-state index in [1.54, 1.807) is 12.1 Å². The normalized spacial score (nSPS) is 29.8. The number of carbonyl (C=O) groups excluding carboxylic acids is 1. The summed E-state index contributed by atoms with van der Waals surface area (Å²) in [6.07, 6.45) is 2.76. The van der Waals surface area contributed by atoms with Crippen LogP contribution in [0, 0.1) is 17.7 Å². The van der Waals surface area contributed by atoms with Crippen LogP contribution >= 0.6 is 0 Å². The summed E-state index contributed by atoms with van der Waals surface area (Å²) in [5.41, 5.74) is -0.142. The molecule has 3 atom stereocenters. The lowest BCUT2D eigenvalue weighted by atomic mass is 9.69. The van der Waals surface area contributed by atoms with Crippen molar-refractivity contribution in [1.29, 1.82) is 0 Å². The van der Waals surface area contributed by atoms with Gasteiger partial charge >= 0.3 is 5.97 Å². The largest absolute Gasteiger partial charge is 0.467 e. The first-order valence-corrected chi connectivity index (χ1v) is 7.10. The maximum atomic E-state index is 13.3. The Morgan fingerprint density at radius 3 is 2.80 bits per heavy atom. The van der Waals surface area contributed by atoms with E-state index in [0.717, 1.165) is 12.8 Å². The Morgan fingerprint density at radius 2 is 2.15 bits per heavy atom. The Bertz CT molecular complexity index is 491. The van der Waals surface area contributed by atoms with Crippen molar-refractivity contribution in [2.75, 3.05) is 12.4 Å². The van der Waals surface area contributed by atoms with Crippen molar-refractivity contribution in [3.8, 4) is 0 Å². The highest BCUT2D eigenvalue weighted by Gasteiger charge is 2.48. The second-order valence-electron chi connectivity index (χ2n) is 5.89. The molecule has 3 nitrogen and oxygen atoms in total. The zero-order valence-electron chi connectivity index (χ0n) is 12.3. The van der Waals surface area contributed by atoms with Crippen LogP contribution in [0.3, 0.4) is 0 Å². The minimum atomic E-state index is -0.764. The molecule has 1 aromatic carbocycles. The zero-order valence-corrected chi connectivity index (χ0v) is 12.3. The molecule has 1 aromatic rings. The fourth-order valence-electron chi connectivity index (χ4n) is 3.15. The van der Waals surface area contributed by atoms with Crippen LogP contribution in [-0.4, -0.2) is 18.6 Å². The lowest BCUT2D eigenvalue weighted by molar-refractivity contribution is -0.150. The van der Waals surface area contributed by atoms with Gasteiger partial charge in [-0.1, -0.05) is 26.3 Å². The number of rotatable bonds is 3. The molecule has 1 saturated carbocycles. The first-order chi connectivity index (χ1) is 9.48. The Balaban J connectivity index is 2.34. The van der Waals surface area contributed by atoms with Gasteiger partial charge in [0.15, 0.2) is 0 Å². The highest BCUT2D eigenvalue weighted by molar-refractivity contribution is 5.85. The summed E-state index contributed by atoms with van der Waals surface area (Å²) in [6, 6.07) is 6.22. The highest BCUT2D eigenvalue weighted by atomic mass is 19.1. The van der Waals surface area contributed by atoms with Gasteiger partial charge in [-0.25, -0.2) is 9.18 Å². The van der Waals surface area contributed by atoms with Crippen LogP contribution in [0.1, 0.15) is 33.1 Å². The molecule has 0 spiro atoms. The standard InChI is InChI=1S/C16H22FNO2/c1-11-7-8-12(2)16(10-11,15(19)20-3)18-14-6-4-5-13(17)9-14/h4-6,9,11-12,18H,7-8,10H2,1-3H3. The Kier molecular flexibility index (Phi) is 4.31. The molecular weight excluding hydrogens is 257 g/mol. The number of ether oxygens (including phenoxy) is 1. The van der Waals surface area contributed by atoms with Crippen LogP contribution in [0.4, 0.5) is 10.1 Å². The molecule has 0 aromatic heterocycles. The highest BCUT2D eigenvalue weighted by Crippen LogP contribution is 2.40. The van der Waals surface area contributed by atoms with Gasteiger partial charge in [0.1, 0.15) is 11.4 Å². The number of nitrogens with one attached hydrogen (secondary N) is 1. The van der Waals surface area contributed by atoms with Gasteiger partial charge in [-0.15, -0.1) is 0 Å². The molecule has 0 amide bonds. The molecule has 0 radical (unpaired) electrons. The van der Waals surface area contributed by atoms with E-state index in [1.165, 1.54) is 19.2 Å². The number of carbonyl (C=O) groups is 1. The molecule has 1 N–H and O–H groups in total. The molecule has 20 heavy (non-hydrogen) atoms.